The first-order chi connectivity index (χ1) is 8.65. The number of nitrogens with one attached hydrogen (secondary N) is 1. The first-order valence-electron chi connectivity index (χ1n) is 5.07. The van der Waals surface area contributed by atoms with Gasteiger partial charge in [-0.25, -0.2) is 4.98 Å². The third-order valence-electron chi connectivity index (χ3n) is 2.43. The summed E-state index contributed by atoms with van der Waals surface area (Å²) in [6.07, 6.45) is 2.98. The summed E-state index contributed by atoms with van der Waals surface area (Å²) >= 11 is 0. The van der Waals surface area contributed by atoms with E-state index in [1.165, 1.54) is 12.5 Å². The average Bonchev–Trinajstić information content (AvgIpc) is 2.91. The van der Waals surface area contributed by atoms with Crippen LogP contribution in [0.3, 0.4) is 0 Å². The van der Waals surface area contributed by atoms with Crippen LogP contribution in [0.25, 0.3) is 0 Å². The Morgan fingerprint density at radius 1 is 1.56 bits per heavy atom. The van der Waals surface area contributed by atoms with Gasteiger partial charge in [-0.15, -0.1) is 0 Å². The van der Waals surface area contributed by atoms with Crippen LogP contribution in [0.2, 0.25) is 0 Å². The molecule has 0 bridgehead atoms. The number of oxazole rings is 1. The quantitative estimate of drug-likeness (QED) is 0.780. The summed E-state index contributed by atoms with van der Waals surface area (Å²) in [4.78, 5) is 23.5. The lowest BCUT2D eigenvalue weighted by molar-refractivity contribution is 0.424. The zero-order valence-corrected chi connectivity index (χ0v) is 9.21. The maximum Gasteiger partial charge on any atom is 0.297 e. The fourth-order valence-corrected chi connectivity index (χ4v) is 1.66. The van der Waals surface area contributed by atoms with Crippen molar-refractivity contribution in [3.05, 3.63) is 41.2 Å². The predicted molar refractivity (Wildman–Crippen MR) is 61.7 cm³/mol. The van der Waals surface area contributed by atoms with Gasteiger partial charge >= 0.3 is 0 Å². The summed E-state index contributed by atoms with van der Waals surface area (Å²) in [7, 11) is 0. The molecule has 92 valence electrons. The Morgan fingerprint density at radius 3 is 3.11 bits per heavy atom. The highest BCUT2D eigenvalue weighted by Crippen LogP contribution is 2.34. The van der Waals surface area contributed by atoms with Gasteiger partial charge in [0.15, 0.2) is 11.7 Å². The summed E-state index contributed by atoms with van der Waals surface area (Å²) < 4.78 is 10.4. The van der Waals surface area contributed by atoms with Crippen molar-refractivity contribution >= 4 is 11.8 Å². The Kier molecular flexibility index (Phi) is 2.09. The molecule has 8 heteroatoms. The molecule has 3 rings (SSSR count). The fourth-order valence-electron chi connectivity index (χ4n) is 1.66. The number of fused-ring (bicyclic) bond motifs is 1. The SMILES string of the molecule is C=C1Oc2c(nc(N)[nH]c2=O)N1Cc1ncco1. The van der Waals surface area contributed by atoms with Crippen LogP contribution in [0.15, 0.2) is 34.1 Å². The topological polar surface area (TPSA) is 110 Å². The Balaban J connectivity index is 2.03. The summed E-state index contributed by atoms with van der Waals surface area (Å²) in [6, 6.07) is 0. The molecule has 18 heavy (non-hydrogen) atoms. The molecular formula is C10H9N5O3. The van der Waals surface area contributed by atoms with Crippen molar-refractivity contribution in [2.75, 3.05) is 10.6 Å². The summed E-state index contributed by atoms with van der Waals surface area (Å²) in [5.41, 5.74) is 5.04. The van der Waals surface area contributed by atoms with E-state index in [1.807, 2.05) is 0 Å². The van der Waals surface area contributed by atoms with Gasteiger partial charge in [0.25, 0.3) is 5.56 Å². The number of hydrogen-bond donors (Lipinski definition) is 2. The first-order valence-corrected chi connectivity index (χ1v) is 5.07. The minimum atomic E-state index is -0.450. The van der Waals surface area contributed by atoms with E-state index in [4.69, 9.17) is 14.9 Å². The highest BCUT2D eigenvalue weighted by Gasteiger charge is 2.30. The smallest absolute Gasteiger partial charge is 0.297 e. The number of rotatable bonds is 2. The van der Waals surface area contributed by atoms with Gasteiger partial charge in [0.05, 0.1) is 6.20 Å². The monoisotopic (exact) mass is 247 g/mol. The second kappa shape index (κ2) is 3.62. The van der Waals surface area contributed by atoms with E-state index in [2.05, 4.69) is 21.5 Å². The zero-order chi connectivity index (χ0) is 12.7. The molecule has 0 aromatic carbocycles. The Labute approximate surface area is 101 Å². The Hall–Kier alpha value is -2.77. The lowest BCUT2D eigenvalue weighted by Gasteiger charge is -2.13. The van der Waals surface area contributed by atoms with E-state index in [1.54, 1.807) is 4.90 Å². The number of H-pyrrole nitrogens is 1. The molecule has 0 amide bonds. The molecule has 0 radical (unpaired) electrons. The van der Waals surface area contributed by atoms with E-state index >= 15 is 0 Å². The van der Waals surface area contributed by atoms with Gasteiger partial charge in [0.2, 0.25) is 17.6 Å². The van der Waals surface area contributed by atoms with Gasteiger partial charge in [0, 0.05) is 0 Å². The molecule has 0 atom stereocenters. The Morgan fingerprint density at radius 2 is 2.39 bits per heavy atom. The minimum absolute atomic E-state index is 0.00875. The zero-order valence-electron chi connectivity index (χ0n) is 9.21. The van der Waals surface area contributed by atoms with Crippen molar-refractivity contribution in [1.82, 2.24) is 15.0 Å². The second-order valence-electron chi connectivity index (χ2n) is 3.61. The van der Waals surface area contributed by atoms with Crippen LogP contribution in [-0.2, 0) is 6.54 Å². The average molecular weight is 247 g/mol. The number of anilines is 2. The molecule has 0 saturated carbocycles. The van der Waals surface area contributed by atoms with Gasteiger partial charge in [-0.1, -0.05) is 0 Å². The molecule has 3 heterocycles. The number of aromatic nitrogens is 3. The van der Waals surface area contributed by atoms with E-state index < -0.39 is 5.56 Å². The van der Waals surface area contributed by atoms with Crippen molar-refractivity contribution < 1.29 is 9.15 Å². The molecule has 1 aliphatic heterocycles. The summed E-state index contributed by atoms with van der Waals surface area (Å²) in [5.74, 6) is 1.11. The van der Waals surface area contributed by atoms with Crippen LogP contribution in [0.4, 0.5) is 11.8 Å². The lowest BCUT2D eigenvalue weighted by atomic mass is 10.4. The highest BCUT2D eigenvalue weighted by atomic mass is 16.5. The standard InChI is InChI=1S/C10H9N5O3/c1-5-15(4-6-12-2-3-17-6)8-7(18-5)9(16)14-10(11)13-8/h2-3H,1,4H2,(H3,11,13,14,16). The number of nitrogens with two attached hydrogens (primary N) is 1. The van der Waals surface area contributed by atoms with E-state index in [9.17, 15) is 4.79 Å². The van der Waals surface area contributed by atoms with Crippen molar-refractivity contribution in [1.29, 1.82) is 0 Å². The molecule has 0 fully saturated rings. The maximum absolute atomic E-state index is 11.6. The minimum Gasteiger partial charge on any atom is -0.447 e. The number of nitrogens with zero attached hydrogens (tertiary/aromatic N) is 3. The second-order valence-corrected chi connectivity index (χ2v) is 3.61. The molecule has 0 spiro atoms. The van der Waals surface area contributed by atoms with Crippen LogP contribution < -0.4 is 20.9 Å². The molecule has 3 N–H and O–H groups in total. The predicted octanol–water partition coefficient (Wildman–Crippen LogP) is 0.210. The van der Waals surface area contributed by atoms with Gasteiger partial charge in [-0.2, -0.15) is 4.98 Å². The molecule has 0 aliphatic carbocycles. The van der Waals surface area contributed by atoms with Gasteiger partial charge < -0.3 is 14.9 Å². The van der Waals surface area contributed by atoms with Crippen LogP contribution in [-0.4, -0.2) is 15.0 Å². The van der Waals surface area contributed by atoms with E-state index in [-0.39, 0.29) is 24.1 Å². The summed E-state index contributed by atoms with van der Waals surface area (Å²) in [5, 5.41) is 0. The van der Waals surface area contributed by atoms with Crippen LogP contribution in [0.5, 0.6) is 5.75 Å². The van der Waals surface area contributed by atoms with E-state index in [0.717, 1.165) is 0 Å². The maximum atomic E-state index is 11.6. The fraction of sp³-hybridized carbons (Fsp3) is 0.100. The van der Waals surface area contributed by atoms with Crippen LogP contribution in [0, 0.1) is 0 Å². The van der Waals surface area contributed by atoms with Gasteiger partial charge in [-0.3, -0.25) is 14.7 Å². The number of hydrogen-bond acceptors (Lipinski definition) is 7. The van der Waals surface area contributed by atoms with E-state index in [0.29, 0.717) is 11.7 Å². The third-order valence-corrected chi connectivity index (χ3v) is 2.43. The summed E-state index contributed by atoms with van der Waals surface area (Å²) in [6.45, 7) is 3.96. The van der Waals surface area contributed by atoms with Gasteiger partial charge in [-0.05, 0) is 6.58 Å². The van der Waals surface area contributed by atoms with Crippen molar-refractivity contribution in [3.63, 3.8) is 0 Å². The number of nitrogen functional groups attached to an aromatic ring is 1. The Bertz CT molecular complexity index is 661. The molecule has 8 nitrogen and oxygen atoms in total. The van der Waals surface area contributed by atoms with Crippen molar-refractivity contribution in [3.8, 4) is 5.75 Å². The van der Waals surface area contributed by atoms with Crippen molar-refractivity contribution in [2.24, 2.45) is 0 Å². The molecule has 0 unspecified atom stereocenters. The first kappa shape index (κ1) is 10.4. The lowest BCUT2D eigenvalue weighted by Crippen LogP contribution is -2.20. The molecular weight excluding hydrogens is 238 g/mol. The highest BCUT2D eigenvalue weighted by molar-refractivity contribution is 5.61. The largest absolute Gasteiger partial charge is 0.447 e. The molecule has 2 aromatic rings. The molecule has 2 aromatic heterocycles. The molecule has 0 saturated heterocycles. The van der Waals surface area contributed by atoms with Crippen molar-refractivity contribution in [2.45, 2.75) is 6.54 Å². The molecule has 1 aliphatic rings. The van der Waals surface area contributed by atoms with Gasteiger partial charge in [0.1, 0.15) is 12.8 Å². The number of ether oxygens (including phenoxy) is 1. The normalized spacial score (nSPS) is 13.6. The van der Waals surface area contributed by atoms with Crippen LogP contribution >= 0.6 is 0 Å². The number of aromatic amines is 1. The third kappa shape index (κ3) is 1.51. The van der Waals surface area contributed by atoms with Crippen LogP contribution in [0.1, 0.15) is 5.89 Å².